The number of nitrogens with zero attached hydrogens (tertiary/aromatic N) is 2. The quantitative estimate of drug-likeness (QED) is 0.367. The van der Waals surface area contributed by atoms with Crippen LogP contribution in [-0.4, -0.2) is 85.6 Å². The molecule has 2 N–H and O–H groups in total. The van der Waals surface area contributed by atoms with Gasteiger partial charge in [0.25, 0.3) is 10.1 Å². The molecule has 1 saturated heterocycles. The first-order valence-electron chi connectivity index (χ1n) is 9.28. The maximum Gasteiger partial charge on any atom is 0.414 e. The van der Waals surface area contributed by atoms with Gasteiger partial charge in [0.05, 0.1) is 24.1 Å². The van der Waals surface area contributed by atoms with Crippen LogP contribution in [0.3, 0.4) is 0 Å². The predicted molar refractivity (Wildman–Crippen MR) is 111 cm³/mol. The molecule has 2 rings (SSSR count). The second kappa shape index (κ2) is 12.0. The van der Waals surface area contributed by atoms with Gasteiger partial charge in [-0.15, -0.1) is 0 Å². The summed E-state index contributed by atoms with van der Waals surface area (Å²) in [5.74, 6) is 2.28. The average Bonchev–Trinajstić information content (AvgIpc) is 3.12. The number of carbonyl (C=O) groups is 3. The predicted octanol–water partition coefficient (Wildman–Crippen LogP) is 0.412. The molecule has 0 bridgehead atoms. The number of likely N-dealkylation sites (tertiary alicyclic amines) is 1. The largest absolute Gasteiger partial charge is 0.473 e. The van der Waals surface area contributed by atoms with E-state index in [1.165, 1.54) is 11.8 Å². The van der Waals surface area contributed by atoms with Crippen molar-refractivity contribution in [2.45, 2.75) is 31.3 Å². The molecule has 0 radical (unpaired) electrons. The monoisotopic (exact) mass is 454 g/mol. The zero-order valence-corrected chi connectivity index (χ0v) is 18.4. The van der Waals surface area contributed by atoms with Crippen LogP contribution >= 0.6 is 0 Å². The van der Waals surface area contributed by atoms with Gasteiger partial charge < -0.3 is 15.1 Å². The lowest BCUT2D eigenvalue weighted by Gasteiger charge is -2.14. The second-order valence-corrected chi connectivity index (χ2v) is 8.42. The smallest absolute Gasteiger partial charge is 0.414 e. The van der Waals surface area contributed by atoms with E-state index in [0.29, 0.717) is 26.1 Å². The van der Waals surface area contributed by atoms with E-state index in [9.17, 15) is 13.2 Å². The van der Waals surface area contributed by atoms with Crippen molar-refractivity contribution >= 4 is 28.0 Å². The second-order valence-electron chi connectivity index (χ2n) is 6.85. The van der Waals surface area contributed by atoms with Gasteiger partial charge in [-0.3, -0.25) is 13.9 Å². The lowest BCUT2D eigenvalue weighted by molar-refractivity contribution is -0.159. The molecule has 31 heavy (non-hydrogen) atoms. The molecule has 1 fully saturated rings. The Kier molecular flexibility index (Phi) is 10.1. The number of rotatable bonds is 5. The number of carboxylic acid groups (broad SMARTS) is 2. The van der Waals surface area contributed by atoms with E-state index >= 15 is 0 Å². The van der Waals surface area contributed by atoms with Crippen molar-refractivity contribution in [2.24, 2.45) is 0 Å². The maximum absolute atomic E-state index is 12.3. The number of hydrogen-bond acceptors (Lipinski definition) is 7. The first-order valence-corrected chi connectivity index (χ1v) is 10.7. The molecular formula is C20H26N2O8S. The summed E-state index contributed by atoms with van der Waals surface area (Å²) in [5, 5.41) is 14.8. The summed E-state index contributed by atoms with van der Waals surface area (Å²) in [4.78, 5) is 33.1. The van der Waals surface area contributed by atoms with Crippen LogP contribution in [0.15, 0.2) is 29.2 Å². The van der Waals surface area contributed by atoms with Crippen molar-refractivity contribution in [3.05, 3.63) is 29.8 Å². The minimum absolute atomic E-state index is 0.0229. The SMILES string of the molecule is CC(=O)N(C)CC#CCN1CCC(OS(=O)(=O)c2ccc(C)cc2)C1.O=C(O)C(=O)O. The molecule has 0 aliphatic carbocycles. The van der Waals surface area contributed by atoms with Crippen LogP contribution in [0.5, 0.6) is 0 Å². The molecule has 1 aromatic carbocycles. The highest BCUT2D eigenvalue weighted by molar-refractivity contribution is 7.86. The molecule has 1 aromatic rings. The van der Waals surface area contributed by atoms with E-state index in [1.54, 1.807) is 31.3 Å². The van der Waals surface area contributed by atoms with Crippen molar-refractivity contribution < 1.29 is 37.2 Å². The summed E-state index contributed by atoms with van der Waals surface area (Å²) in [5.41, 5.74) is 1.000. The molecule has 10 nitrogen and oxygen atoms in total. The lowest BCUT2D eigenvalue weighted by Crippen LogP contribution is -2.26. The number of carbonyl (C=O) groups excluding carboxylic acids is 1. The Bertz CT molecular complexity index is 936. The molecule has 11 heteroatoms. The fourth-order valence-electron chi connectivity index (χ4n) is 2.41. The molecule has 1 atom stereocenters. The summed E-state index contributed by atoms with van der Waals surface area (Å²) in [6.07, 6.45) is 0.299. The van der Waals surface area contributed by atoms with E-state index in [1.807, 2.05) is 6.92 Å². The number of aryl methyl sites for hydroxylation is 1. The molecule has 0 aromatic heterocycles. The third kappa shape index (κ3) is 9.61. The summed E-state index contributed by atoms with van der Waals surface area (Å²) in [6, 6.07) is 6.64. The molecule has 0 spiro atoms. The Morgan fingerprint density at radius 3 is 2.26 bits per heavy atom. The van der Waals surface area contributed by atoms with Crippen LogP contribution in [0.1, 0.15) is 18.9 Å². The van der Waals surface area contributed by atoms with Gasteiger partial charge >= 0.3 is 11.9 Å². The van der Waals surface area contributed by atoms with Gasteiger partial charge in [0.2, 0.25) is 5.91 Å². The van der Waals surface area contributed by atoms with Gasteiger partial charge in [-0.2, -0.15) is 8.42 Å². The summed E-state index contributed by atoms with van der Waals surface area (Å²) >= 11 is 0. The van der Waals surface area contributed by atoms with Crippen molar-refractivity contribution in [1.82, 2.24) is 9.80 Å². The Balaban J connectivity index is 0.000000703. The van der Waals surface area contributed by atoms with Crippen molar-refractivity contribution in [1.29, 1.82) is 0 Å². The Morgan fingerprint density at radius 1 is 1.16 bits per heavy atom. The molecular weight excluding hydrogens is 428 g/mol. The molecule has 170 valence electrons. The first-order chi connectivity index (χ1) is 14.4. The fraction of sp³-hybridized carbons (Fsp3) is 0.450. The van der Waals surface area contributed by atoms with E-state index in [4.69, 9.17) is 24.0 Å². The first kappa shape index (κ1) is 26.1. The third-order valence-corrected chi connectivity index (χ3v) is 5.64. The van der Waals surface area contributed by atoms with E-state index in [2.05, 4.69) is 16.7 Å². The summed E-state index contributed by atoms with van der Waals surface area (Å²) < 4.78 is 30.0. The zero-order valence-electron chi connectivity index (χ0n) is 17.6. The van der Waals surface area contributed by atoms with Crippen LogP contribution in [-0.2, 0) is 28.7 Å². The van der Waals surface area contributed by atoms with Gasteiger partial charge in [-0.05, 0) is 25.5 Å². The summed E-state index contributed by atoms with van der Waals surface area (Å²) in [6.45, 7) is 5.61. The number of amides is 1. The van der Waals surface area contributed by atoms with E-state index < -0.39 is 22.1 Å². The van der Waals surface area contributed by atoms with Crippen LogP contribution in [0.2, 0.25) is 0 Å². The van der Waals surface area contributed by atoms with Crippen LogP contribution in [0.4, 0.5) is 0 Å². The van der Waals surface area contributed by atoms with Crippen molar-refractivity contribution in [3.63, 3.8) is 0 Å². The minimum atomic E-state index is -3.74. The highest BCUT2D eigenvalue weighted by Crippen LogP contribution is 2.20. The Hall–Kier alpha value is -2.94. The van der Waals surface area contributed by atoms with Crippen molar-refractivity contribution in [3.8, 4) is 11.8 Å². The van der Waals surface area contributed by atoms with Gasteiger partial charge in [0, 0.05) is 27.1 Å². The average molecular weight is 455 g/mol. The molecule has 1 aliphatic rings. The normalized spacial score (nSPS) is 15.8. The Labute approximate surface area is 181 Å². The highest BCUT2D eigenvalue weighted by Gasteiger charge is 2.28. The van der Waals surface area contributed by atoms with Gasteiger partial charge in [0.1, 0.15) is 0 Å². The topological polar surface area (TPSA) is 142 Å². The van der Waals surface area contributed by atoms with Gasteiger partial charge in [-0.1, -0.05) is 29.5 Å². The molecule has 1 unspecified atom stereocenters. The van der Waals surface area contributed by atoms with E-state index in [-0.39, 0.29) is 16.9 Å². The molecule has 1 amide bonds. The Morgan fingerprint density at radius 2 is 1.74 bits per heavy atom. The van der Waals surface area contributed by atoms with Crippen LogP contribution < -0.4 is 0 Å². The number of carboxylic acids is 2. The fourth-order valence-corrected chi connectivity index (χ4v) is 3.51. The summed E-state index contributed by atoms with van der Waals surface area (Å²) in [7, 11) is -2.04. The standard InChI is InChI=1S/C18H24N2O4S.C2H2O4/c1-15-6-8-18(9-7-15)25(22,23)24-17-10-13-20(14-17)12-5-4-11-19(3)16(2)21;3-1(4)2(5)6/h6-9,17H,10-14H2,1-3H3;(H,3,4)(H,5,6). The molecule has 1 heterocycles. The number of benzene rings is 1. The number of aliphatic carboxylic acids is 2. The van der Waals surface area contributed by atoms with Gasteiger partial charge in [-0.25, -0.2) is 9.59 Å². The zero-order chi connectivity index (χ0) is 23.6. The lowest BCUT2D eigenvalue weighted by atomic mass is 10.2. The van der Waals surface area contributed by atoms with Crippen LogP contribution in [0.25, 0.3) is 0 Å². The van der Waals surface area contributed by atoms with E-state index in [0.717, 1.165) is 12.1 Å². The highest BCUT2D eigenvalue weighted by atomic mass is 32.2. The molecule has 1 aliphatic heterocycles. The third-order valence-electron chi connectivity index (χ3n) is 4.27. The maximum atomic E-state index is 12.3. The molecule has 0 saturated carbocycles. The van der Waals surface area contributed by atoms with Gasteiger partial charge in [0.15, 0.2) is 0 Å². The number of hydrogen-bond donors (Lipinski definition) is 2. The minimum Gasteiger partial charge on any atom is -0.473 e. The van der Waals surface area contributed by atoms with Crippen molar-refractivity contribution in [2.75, 3.05) is 33.2 Å². The van der Waals surface area contributed by atoms with Crippen LogP contribution in [0, 0.1) is 18.8 Å².